The van der Waals surface area contributed by atoms with Crippen molar-refractivity contribution in [3.8, 4) is 6.07 Å². The minimum atomic E-state index is -3.32. The Kier molecular flexibility index (Phi) is 3.91. The minimum absolute atomic E-state index is 0.154. The van der Waals surface area contributed by atoms with Gasteiger partial charge in [-0.25, -0.2) is 8.42 Å². The van der Waals surface area contributed by atoms with E-state index in [1.807, 2.05) is 0 Å². The van der Waals surface area contributed by atoms with Crippen molar-refractivity contribution in [3.63, 3.8) is 0 Å². The van der Waals surface area contributed by atoms with E-state index in [0.717, 1.165) is 12.8 Å². The van der Waals surface area contributed by atoms with Crippen LogP contribution < -0.4 is 0 Å². The molecule has 3 rings (SSSR count). The van der Waals surface area contributed by atoms with Crippen LogP contribution in [0.3, 0.4) is 0 Å². The summed E-state index contributed by atoms with van der Waals surface area (Å²) in [6.45, 7) is 1.37. The number of nitriles is 1. The van der Waals surface area contributed by atoms with E-state index >= 15 is 0 Å². The number of nitrogens with zero attached hydrogens (tertiary/aromatic N) is 3. The summed E-state index contributed by atoms with van der Waals surface area (Å²) >= 11 is 0. The van der Waals surface area contributed by atoms with E-state index in [-0.39, 0.29) is 18.1 Å². The van der Waals surface area contributed by atoms with Gasteiger partial charge in [0.2, 0.25) is 15.9 Å². The second-order valence-corrected chi connectivity index (χ2v) is 8.40. The summed E-state index contributed by atoms with van der Waals surface area (Å²) in [6.07, 6.45) is 3.89. The second kappa shape index (κ2) is 5.48. The highest BCUT2D eigenvalue weighted by Crippen LogP contribution is 2.40. The van der Waals surface area contributed by atoms with Crippen molar-refractivity contribution in [2.45, 2.75) is 37.8 Å². The van der Waals surface area contributed by atoms with Crippen LogP contribution in [0.4, 0.5) is 0 Å². The topological polar surface area (TPSA) is 90.7 Å². The molecule has 3 aliphatic rings. The van der Waals surface area contributed by atoms with E-state index in [1.165, 1.54) is 10.6 Å². The van der Waals surface area contributed by atoms with Crippen molar-refractivity contribution in [1.29, 1.82) is 5.26 Å². The highest BCUT2D eigenvalue weighted by Gasteiger charge is 2.50. The highest BCUT2D eigenvalue weighted by atomic mass is 32.2. The first-order valence-corrected chi connectivity index (χ1v) is 9.51. The number of amides is 1. The van der Waals surface area contributed by atoms with Crippen LogP contribution in [0, 0.1) is 16.7 Å². The van der Waals surface area contributed by atoms with Gasteiger partial charge in [0.1, 0.15) is 5.41 Å². The van der Waals surface area contributed by atoms with E-state index < -0.39 is 15.4 Å². The number of carbonyl (C=O) groups is 1. The Balaban J connectivity index is 1.79. The molecule has 2 aliphatic heterocycles. The fourth-order valence-electron chi connectivity index (χ4n) is 3.89. The molecule has 0 bridgehead atoms. The maximum atomic E-state index is 12.8. The zero-order valence-corrected chi connectivity index (χ0v) is 13.5. The molecule has 0 spiro atoms. The van der Waals surface area contributed by atoms with Gasteiger partial charge in [0.15, 0.2) is 0 Å². The molecule has 0 unspecified atom stereocenters. The molecule has 2 heterocycles. The maximum Gasteiger partial charge on any atom is 0.243 e. The van der Waals surface area contributed by atoms with E-state index in [4.69, 9.17) is 4.74 Å². The van der Waals surface area contributed by atoms with E-state index in [2.05, 4.69) is 6.07 Å². The number of hydrogen-bond acceptors (Lipinski definition) is 5. The average molecular weight is 327 g/mol. The molecule has 8 heteroatoms. The largest absolute Gasteiger partial charge is 0.373 e. The van der Waals surface area contributed by atoms with Crippen LogP contribution >= 0.6 is 0 Å². The zero-order chi connectivity index (χ0) is 16.0. The van der Waals surface area contributed by atoms with Crippen molar-refractivity contribution in [1.82, 2.24) is 9.21 Å². The molecule has 0 aromatic heterocycles. The Labute approximate surface area is 130 Å². The van der Waals surface area contributed by atoms with E-state index in [9.17, 15) is 18.5 Å². The Morgan fingerprint density at radius 1 is 1.32 bits per heavy atom. The Morgan fingerprint density at radius 3 is 2.59 bits per heavy atom. The third-order valence-corrected chi connectivity index (χ3v) is 6.35. The van der Waals surface area contributed by atoms with E-state index in [0.29, 0.717) is 39.1 Å². The van der Waals surface area contributed by atoms with Crippen molar-refractivity contribution in [3.05, 3.63) is 0 Å². The van der Waals surface area contributed by atoms with Crippen LogP contribution in [0.15, 0.2) is 0 Å². The maximum absolute atomic E-state index is 12.8. The normalized spacial score (nSPS) is 31.7. The molecular weight excluding hydrogens is 306 g/mol. The molecule has 1 saturated carbocycles. The number of likely N-dealkylation sites (tertiary alicyclic amines) is 1. The monoisotopic (exact) mass is 327 g/mol. The summed E-state index contributed by atoms with van der Waals surface area (Å²) in [7, 11) is -3.32. The third kappa shape index (κ3) is 2.51. The van der Waals surface area contributed by atoms with Crippen LogP contribution in [0.5, 0.6) is 0 Å². The van der Waals surface area contributed by atoms with E-state index in [1.54, 1.807) is 4.90 Å². The molecule has 2 saturated heterocycles. The first-order valence-electron chi connectivity index (χ1n) is 7.66. The second-order valence-electron chi connectivity index (χ2n) is 6.46. The van der Waals surface area contributed by atoms with Crippen molar-refractivity contribution in [2.75, 3.05) is 32.5 Å². The van der Waals surface area contributed by atoms with Gasteiger partial charge in [-0.1, -0.05) is 12.8 Å². The quantitative estimate of drug-likeness (QED) is 0.709. The summed E-state index contributed by atoms with van der Waals surface area (Å²) < 4.78 is 30.9. The number of morpholine rings is 1. The molecule has 0 aromatic rings. The molecule has 1 aliphatic carbocycles. The molecule has 1 amide bonds. The van der Waals surface area contributed by atoms with Gasteiger partial charge in [0, 0.05) is 19.6 Å². The van der Waals surface area contributed by atoms with Gasteiger partial charge in [-0.3, -0.25) is 4.79 Å². The molecule has 0 aromatic carbocycles. The van der Waals surface area contributed by atoms with Gasteiger partial charge in [-0.05, 0) is 12.8 Å². The lowest BCUT2D eigenvalue weighted by atomic mass is 9.86. The minimum Gasteiger partial charge on any atom is -0.373 e. The number of hydrogen-bond donors (Lipinski definition) is 0. The van der Waals surface area contributed by atoms with Gasteiger partial charge in [0.05, 0.1) is 31.1 Å². The lowest BCUT2D eigenvalue weighted by molar-refractivity contribution is -0.138. The predicted molar refractivity (Wildman–Crippen MR) is 78.2 cm³/mol. The van der Waals surface area contributed by atoms with Gasteiger partial charge < -0.3 is 9.64 Å². The molecule has 22 heavy (non-hydrogen) atoms. The van der Waals surface area contributed by atoms with Crippen LogP contribution in [-0.2, 0) is 19.6 Å². The number of carbonyl (C=O) groups excluding carboxylic acids is 1. The summed E-state index contributed by atoms with van der Waals surface area (Å²) in [6, 6.07) is 1.88. The van der Waals surface area contributed by atoms with Crippen molar-refractivity contribution < 1.29 is 17.9 Å². The standard InChI is InChI=1S/C14H21N3O4S/c1-22(19,20)17-6-7-21-12-9-16(8-11(12)17)13(18)14(10-15)4-2-3-5-14/h11-12H,2-9H2,1H3/t11-,12+/m1/s1. The lowest BCUT2D eigenvalue weighted by Crippen LogP contribution is -2.52. The summed E-state index contributed by atoms with van der Waals surface area (Å²) in [5.41, 5.74) is -0.913. The molecular formula is C14H21N3O4S. The zero-order valence-electron chi connectivity index (χ0n) is 12.7. The smallest absolute Gasteiger partial charge is 0.243 e. The van der Waals surface area contributed by atoms with Gasteiger partial charge in [-0.2, -0.15) is 9.57 Å². The van der Waals surface area contributed by atoms with Crippen molar-refractivity contribution >= 4 is 15.9 Å². The number of rotatable bonds is 2. The summed E-state index contributed by atoms with van der Waals surface area (Å²) in [5, 5.41) is 9.45. The Morgan fingerprint density at radius 2 is 2.00 bits per heavy atom. The van der Waals surface area contributed by atoms with Gasteiger partial charge >= 0.3 is 0 Å². The van der Waals surface area contributed by atoms with Gasteiger partial charge in [-0.15, -0.1) is 0 Å². The number of fused-ring (bicyclic) bond motifs is 1. The van der Waals surface area contributed by atoms with Crippen LogP contribution in [0.1, 0.15) is 25.7 Å². The number of ether oxygens (including phenoxy) is 1. The molecule has 122 valence electrons. The van der Waals surface area contributed by atoms with Crippen LogP contribution in [0.25, 0.3) is 0 Å². The Hall–Kier alpha value is -1.17. The van der Waals surface area contributed by atoms with Gasteiger partial charge in [0.25, 0.3) is 0 Å². The fourth-order valence-corrected chi connectivity index (χ4v) is 4.99. The third-order valence-electron chi connectivity index (χ3n) is 5.04. The Bertz CT molecular complexity index is 606. The van der Waals surface area contributed by atoms with Crippen LogP contribution in [-0.4, -0.2) is 68.2 Å². The molecule has 7 nitrogen and oxygen atoms in total. The predicted octanol–water partition coefficient (Wildman–Crippen LogP) is -0.0584. The molecule has 0 N–H and O–H groups in total. The first kappa shape index (κ1) is 15.7. The SMILES string of the molecule is CS(=O)(=O)N1CCO[C@H]2CN(C(=O)C3(C#N)CCCC3)C[C@H]21. The lowest BCUT2D eigenvalue weighted by Gasteiger charge is -2.34. The summed E-state index contributed by atoms with van der Waals surface area (Å²) in [5.74, 6) is -0.154. The first-order chi connectivity index (χ1) is 10.4. The summed E-state index contributed by atoms with van der Waals surface area (Å²) in [4.78, 5) is 14.4. The fraction of sp³-hybridized carbons (Fsp3) is 0.857. The molecule has 2 atom stereocenters. The number of sulfonamides is 1. The molecule has 0 radical (unpaired) electrons. The average Bonchev–Trinajstić information content (AvgIpc) is 3.12. The van der Waals surface area contributed by atoms with Crippen molar-refractivity contribution in [2.24, 2.45) is 5.41 Å². The van der Waals surface area contributed by atoms with Crippen LogP contribution in [0.2, 0.25) is 0 Å². The molecule has 3 fully saturated rings. The highest BCUT2D eigenvalue weighted by molar-refractivity contribution is 7.88.